The Kier molecular flexibility index (Phi) is 4.86. The zero-order valence-electron chi connectivity index (χ0n) is 20.4. The number of carboxylic acids is 1. The van der Waals surface area contributed by atoms with E-state index in [1.54, 1.807) is 0 Å². The lowest BCUT2D eigenvalue weighted by Gasteiger charge is -2.66. The predicted molar refractivity (Wildman–Crippen MR) is 123 cm³/mol. The molecule has 0 spiro atoms. The Hall–Kier alpha value is -1.96. The van der Waals surface area contributed by atoms with Crippen LogP contribution in [-0.2, 0) is 14.4 Å². The van der Waals surface area contributed by atoms with Gasteiger partial charge in [-0.2, -0.15) is 5.26 Å². The van der Waals surface area contributed by atoms with Gasteiger partial charge in [0, 0.05) is 18.8 Å². The van der Waals surface area contributed by atoms with E-state index >= 15 is 0 Å². The van der Waals surface area contributed by atoms with E-state index in [0.29, 0.717) is 25.7 Å². The molecule has 0 aliphatic heterocycles. The fourth-order valence-corrected chi connectivity index (χ4v) is 9.41. The van der Waals surface area contributed by atoms with Crippen LogP contribution in [0.2, 0.25) is 0 Å². The second-order valence-corrected chi connectivity index (χ2v) is 13.2. The molecule has 0 aromatic rings. The van der Waals surface area contributed by atoms with Crippen LogP contribution in [0.1, 0.15) is 85.5 Å². The molecule has 0 bridgehead atoms. The predicted octanol–water partition coefficient (Wildman–Crippen LogP) is 5.34. The lowest BCUT2D eigenvalue weighted by atomic mass is 9.37. The molecule has 0 amide bonds. The summed E-state index contributed by atoms with van der Waals surface area (Å²) in [6.07, 6.45) is 8.51. The summed E-state index contributed by atoms with van der Waals surface area (Å²) in [6.45, 7) is 8.95. The number of hydrogen-bond acceptors (Lipinski definition) is 4. The number of nitrogens with zero attached hydrogens (tertiary/aromatic N) is 1. The molecule has 0 saturated heterocycles. The van der Waals surface area contributed by atoms with Gasteiger partial charge in [-0.15, -0.1) is 0 Å². The number of ketones is 2. The van der Waals surface area contributed by atoms with Gasteiger partial charge in [0.15, 0.2) is 5.78 Å². The Morgan fingerprint density at radius 3 is 2.42 bits per heavy atom. The number of rotatable bonds is 1. The van der Waals surface area contributed by atoms with Crippen molar-refractivity contribution in [1.29, 1.82) is 5.26 Å². The first-order valence-corrected chi connectivity index (χ1v) is 12.8. The van der Waals surface area contributed by atoms with E-state index in [2.05, 4.69) is 33.8 Å². The molecular weight excluding hydrogens is 414 g/mol. The van der Waals surface area contributed by atoms with Gasteiger partial charge < -0.3 is 5.11 Å². The van der Waals surface area contributed by atoms with Crippen LogP contribution in [0.3, 0.4) is 0 Å². The zero-order chi connectivity index (χ0) is 24.0. The molecule has 0 heterocycles. The van der Waals surface area contributed by atoms with E-state index in [9.17, 15) is 24.8 Å². The first-order valence-electron chi connectivity index (χ1n) is 12.8. The Labute approximate surface area is 197 Å². The molecular formula is C28H37NO4. The highest BCUT2D eigenvalue weighted by molar-refractivity contribution is 6.00. The molecule has 178 valence electrons. The number of aliphatic carboxylic acids is 1. The summed E-state index contributed by atoms with van der Waals surface area (Å²) >= 11 is 0. The third kappa shape index (κ3) is 2.98. The smallest absolute Gasteiger partial charge is 0.309 e. The number of hydrogen-bond donors (Lipinski definition) is 1. The van der Waals surface area contributed by atoms with Gasteiger partial charge in [-0.3, -0.25) is 14.4 Å². The molecule has 1 N–H and O–H groups in total. The molecule has 0 radical (unpaired) electrons. The first kappa shape index (κ1) is 22.8. The van der Waals surface area contributed by atoms with Crippen molar-refractivity contribution < 1.29 is 19.5 Å². The highest BCUT2D eigenvalue weighted by Crippen LogP contribution is 2.70. The van der Waals surface area contributed by atoms with Crippen LogP contribution >= 0.6 is 0 Å². The summed E-state index contributed by atoms with van der Waals surface area (Å²) in [5, 5.41) is 19.9. The highest BCUT2D eigenvalue weighted by Gasteiger charge is 2.67. The van der Waals surface area contributed by atoms with Crippen LogP contribution in [0.5, 0.6) is 0 Å². The van der Waals surface area contributed by atoms with Gasteiger partial charge in [0.25, 0.3) is 0 Å². The van der Waals surface area contributed by atoms with Crippen LogP contribution in [-0.4, -0.2) is 22.6 Å². The van der Waals surface area contributed by atoms with Crippen molar-refractivity contribution in [2.75, 3.05) is 0 Å². The lowest BCUT2D eigenvalue weighted by Crippen LogP contribution is -2.64. The molecule has 5 heteroatoms. The molecule has 5 nitrogen and oxygen atoms in total. The molecule has 5 rings (SSSR count). The van der Waals surface area contributed by atoms with Crippen LogP contribution in [0.4, 0.5) is 0 Å². The standard InChI is InChI=1S/C28H37NO4/c1-25(2)9-10-28(24(32)33)8-6-18-23(19(28)14-25)21(31)12-22-26(18,3)7-5-17-11-20(30)16(15-29)13-27(17,22)4/h13,17-19,22-23H,5-12,14H2,1-4H3,(H,32,33)/t17?,18?,19?,22?,23?,26?,27?,28-/m1/s1. The van der Waals surface area contributed by atoms with Gasteiger partial charge in [-0.1, -0.05) is 33.8 Å². The van der Waals surface area contributed by atoms with Gasteiger partial charge in [0.1, 0.15) is 11.9 Å². The third-order valence-electron chi connectivity index (χ3n) is 11.3. The average Bonchev–Trinajstić information content (AvgIpc) is 2.74. The minimum atomic E-state index is -0.762. The van der Waals surface area contributed by atoms with Gasteiger partial charge in [-0.25, -0.2) is 0 Å². The Balaban J connectivity index is 1.58. The van der Waals surface area contributed by atoms with E-state index < -0.39 is 11.4 Å². The summed E-state index contributed by atoms with van der Waals surface area (Å²) in [6, 6.07) is 2.11. The quantitative estimate of drug-likeness (QED) is 0.580. The topological polar surface area (TPSA) is 95.2 Å². The Bertz CT molecular complexity index is 1000. The number of carbonyl (C=O) groups is 3. The fraction of sp³-hybridized carbons (Fsp3) is 0.786. The summed E-state index contributed by atoms with van der Waals surface area (Å²) in [7, 11) is 0. The maximum absolute atomic E-state index is 13.9. The van der Waals surface area contributed by atoms with E-state index in [1.807, 2.05) is 6.08 Å². The number of carbonyl (C=O) groups excluding carboxylic acids is 2. The molecule has 4 saturated carbocycles. The minimum absolute atomic E-state index is 0.0569. The maximum atomic E-state index is 13.9. The van der Waals surface area contributed by atoms with Gasteiger partial charge >= 0.3 is 5.97 Å². The van der Waals surface area contributed by atoms with E-state index in [0.717, 1.165) is 32.1 Å². The van der Waals surface area contributed by atoms with E-state index in [1.165, 1.54) is 0 Å². The largest absolute Gasteiger partial charge is 0.481 e. The van der Waals surface area contributed by atoms with E-state index in [-0.39, 0.29) is 63.0 Å². The van der Waals surface area contributed by atoms with Crippen LogP contribution in [0.15, 0.2) is 11.6 Å². The fourth-order valence-electron chi connectivity index (χ4n) is 9.41. The van der Waals surface area contributed by atoms with Gasteiger partial charge in [0.05, 0.1) is 11.0 Å². The van der Waals surface area contributed by atoms with Gasteiger partial charge in [0.2, 0.25) is 0 Å². The second-order valence-electron chi connectivity index (χ2n) is 13.2. The SMILES string of the molecule is CC1(C)CC[C@]2(C(=O)O)CCC3C(C(=O)CC4C5(C)C=C(C#N)C(=O)CC5CCC34C)C2C1. The number of carboxylic acid groups (broad SMARTS) is 1. The van der Waals surface area contributed by atoms with Crippen LogP contribution in [0.25, 0.3) is 0 Å². The minimum Gasteiger partial charge on any atom is -0.481 e. The molecule has 33 heavy (non-hydrogen) atoms. The van der Waals surface area contributed by atoms with Crippen molar-refractivity contribution in [2.24, 2.45) is 51.2 Å². The van der Waals surface area contributed by atoms with Gasteiger partial charge in [-0.05, 0) is 84.9 Å². The van der Waals surface area contributed by atoms with Crippen LogP contribution in [0, 0.1) is 62.6 Å². The molecule has 5 aliphatic rings. The Morgan fingerprint density at radius 2 is 1.76 bits per heavy atom. The second kappa shape index (κ2) is 7.03. The van der Waals surface area contributed by atoms with Crippen molar-refractivity contribution in [3.63, 3.8) is 0 Å². The number of nitriles is 1. The molecule has 4 fully saturated rings. The van der Waals surface area contributed by atoms with Crippen molar-refractivity contribution >= 4 is 17.5 Å². The lowest BCUT2D eigenvalue weighted by molar-refractivity contribution is -0.193. The number of allylic oxidation sites excluding steroid dienone is 2. The average molecular weight is 452 g/mol. The van der Waals surface area contributed by atoms with Crippen LogP contribution < -0.4 is 0 Å². The monoisotopic (exact) mass is 451 g/mol. The first-order chi connectivity index (χ1) is 15.4. The van der Waals surface area contributed by atoms with Crippen molar-refractivity contribution in [1.82, 2.24) is 0 Å². The number of fused-ring (bicyclic) bond motifs is 7. The molecule has 0 aromatic carbocycles. The van der Waals surface area contributed by atoms with Crippen molar-refractivity contribution in [2.45, 2.75) is 85.5 Å². The maximum Gasteiger partial charge on any atom is 0.309 e. The highest BCUT2D eigenvalue weighted by atomic mass is 16.4. The van der Waals surface area contributed by atoms with E-state index in [4.69, 9.17) is 0 Å². The summed E-state index contributed by atoms with van der Waals surface area (Å²) in [4.78, 5) is 39.0. The van der Waals surface area contributed by atoms with Crippen molar-refractivity contribution in [3.8, 4) is 6.07 Å². The molecule has 5 aliphatic carbocycles. The molecule has 8 atom stereocenters. The number of Topliss-reactive ketones (excluding diaryl/α,β-unsaturated/α-hetero) is 2. The summed E-state index contributed by atoms with van der Waals surface area (Å²) < 4.78 is 0. The molecule has 7 unspecified atom stereocenters. The summed E-state index contributed by atoms with van der Waals surface area (Å²) in [5.74, 6) is -0.332. The summed E-state index contributed by atoms with van der Waals surface area (Å²) in [5.41, 5.74) is -0.855. The van der Waals surface area contributed by atoms with Crippen molar-refractivity contribution in [3.05, 3.63) is 11.6 Å². The third-order valence-corrected chi connectivity index (χ3v) is 11.3. The normalized spacial score (nSPS) is 48.3. The molecule has 0 aromatic heterocycles. The Morgan fingerprint density at radius 1 is 1.03 bits per heavy atom. The zero-order valence-corrected chi connectivity index (χ0v) is 20.4.